The van der Waals surface area contributed by atoms with Crippen LogP contribution in [0, 0.1) is 0 Å². The summed E-state index contributed by atoms with van der Waals surface area (Å²) in [6.07, 6.45) is 0.155. The van der Waals surface area contributed by atoms with E-state index in [-0.39, 0.29) is 62.8 Å². The number of carbonyl (C=O) groups excluding carboxylic acids is 5. The summed E-state index contributed by atoms with van der Waals surface area (Å²) in [5, 5.41) is 14.6. The predicted octanol–water partition coefficient (Wildman–Crippen LogP) is 4.29. The van der Waals surface area contributed by atoms with E-state index < -0.39 is 41.3 Å². The minimum absolute atomic E-state index is 0. The van der Waals surface area contributed by atoms with E-state index >= 15 is 0 Å². The molecule has 0 aliphatic heterocycles. The molecule has 3 radical (unpaired) electrons. The van der Waals surface area contributed by atoms with Gasteiger partial charge in [0.15, 0.2) is 5.69 Å². The van der Waals surface area contributed by atoms with Crippen molar-refractivity contribution in [2.75, 3.05) is 45.2 Å². The largest absolute Gasteiger partial charge is 1.00 e. The van der Waals surface area contributed by atoms with Crippen LogP contribution in [0.25, 0.3) is 0 Å². The standard InChI is InChI=1S/C23H27NO7.C21H26N2O6.B.Na.H/c1-23(2,3)31-22(27)24-18-8-6-15(7-9-18)10-11-30-19-13-16(20(25)28-4)12-17(14-19)21(26)29-5;1-21(2,3)29-20(26)23-15-7-5-14(6-8-15)9-10-28-17-11-16(13-24)22-18(12-17)19(25)27-4;;;/h6-9,12-14H,10-11H2,1-5H3,(H,24,27);5-8,11-12,24H,9-10,13H2,1-4H3,(H,23,26);;;/q;;;+1;-1. The Morgan fingerprint density at radius 3 is 1.34 bits per heavy atom. The van der Waals surface area contributed by atoms with Crippen molar-refractivity contribution < 1.29 is 93.2 Å². The first kappa shape index (κ1) is 54.4. The molecule has 1 heterocycles. The van der Waals surface area contributed by atoms with Gasteiger partial charge in [-0.2, -0.15) is 0 Å². The third-order valence-corrected chi connectivity index (χ3v) is 7.67. The molecule has 62 heavy (non-hydrogen) atoms. The number of nitrogens with one attached hydrogen (secondary N) is 2. The maximum absolute atomic E-state index is 11.8. The van der Waals surface area contributed by atoms with Crippen LogP contribution in [0.5, 0.6) is 11.5 Å². The summed E-state index contributed by atoms with van der Waals surface area (Å²) in [6, 6.07) is 22.0. The van der Waals surface area contributed by atoms with E-state index in [0.717, 1.165) is 11.1 Å². The van der Waals surface area contributed by atoms with Crippen molar-refractivity contribution in [1.29, 1.82) is 0 Å². The molecule has 2 amide bonds. The first-order chi connectivity index (χ1) is 28.3. The van der Waals surface area contributed by atoms with Crippen LogP contribution in [0.15, 0.2) is 78.9 Å². The summed E-state index contributed by atoms with van der Waals surface area (Å²) in [5.74, 6) is -0.982. The SMILES string of the molecule is COC(=O)c1cc(OCCc2ccc(NC(=O)OC(C)(C)C)cc2)cc(C(=O)OC)c1.COC(=O)c1cc(OCCc2ccc(NC(=O)OC(C)(C)C)cc2)cc(CO)n1.[B].[H-].[Na+]. The number of pyridine rings is 1. The minimum atomic E-state index is -0.599. The topological polar surface area (TPSA) is 207 Å². The molecule has 1 aromatic heterocycles. The molecule has 0 fully saturated rings. The van der Waals surface area contributed by atoms with Gasteiger partial charge in [-0.3, -0.25) is 10.6 Å². The molecular formula is C44H54BN3NaO13. The summed E-state index contributed by atoms with van der Waals surface area (Å²) in [7, 11) is 3.78. The van der Waals surface area contributed by atoms with Gasteiger partial charge in [0.25, 0.3) is 0 Å². The second-order valence-corrected chi connectivity index (χ2v) is 14.9. The Kier molecular flexibility index (Phi) is 22.8. The van der Waals surface area contributed by atoms with Crippen LogP contribution < -0.4 is 49.7 Å². The molecule has 4 rings (SSSR count). The number of carbonyl (C=O) groups is 5. The second kappa shape index (κ2) is 26.0. The maximum Gasteiger partial charge on any atom is 1.00 e. The smallest absolute Gasteiger partial charge is 1.00 e. The van der Waals surface area contributed by atoms with Gasteiger partial charge in [-0.15, -0.1) is 0 Å². The normalized spacial score (nSPS) is 10.5. The number of rotatable bonds is 14. The second-order valence-electron chi connectivity index (χ2n) is 14.9. The Morgan fingerprint density at radius 1 is 0.597 bits per heavy atom. The Morgan fingerprint density at radius 2 is 0.984 bits per heavy atom. The molecule has 0 saturated carbocycles. The average Bonchev–Trinajstić information content (AvgIpc) is 3.19. The summed E-state index contributed by atoms with van der Waals surface area (Å²) < 4.78 is 35.9. The van der Waals surface area contributed by atoms with Crippen molar-refractivity contribution in [3.05, 3.63) is 113 Å². The van der Waals surface area contributed by atoms with Gasteiger partial charge >= 0.3 is 59.7 Å². The number of ether oxygens (including phenoxy) is 7. The summed E-state index contributed by atoms with van der Waals surface area (Å²) in [4.78, 5) is 62.9. The molecule has 3 N–H and O–H groups in total. The Balaban J connectivity index is 0.00000117. The zero-order valence-electron chi connectivity index (χ0n) is 37.9. The van der Waals surface area contributed by atoms with Crippen LogP contribution >= 0.6 is 0 Å². The molecular weight excluding hydrogens is 812 g/mol. The number of benzene rings is 3. The van der Waals surface area contributed by atoms with Crippen LogP contribution in [0.4, 0.5) is 21.0 Å². The number of esters is 3. The minimum Gasteiger partial charge on any atom is -1.00 e. The van der Waals surface area contributed by atoms with Gasteiger partial charge in [0.2, 0.25) is 0 Å². The van der Waals surface area contributed by atoms with E-state index in [2.05, 4.69) is 20.4 Å². The van der Waals surface area contributed by atoms with Crippen molar-refractivity contribution in [2.24, 2.45) is 0 Å². The quantitative estimate of drug-likeness (QED) is 0.0919. The van der Waals surface area contributed by atoms with Gasteiger partial charge < -0.3 is 39.7 Å². The van der Waals surface area contributed by atoms with Gasteiger partial charge in [0.1, 0.15) is 22.7 Å². The number of hydrogen-bond donors (Lipinski definition) is 3. The van der Waals surface area contributed by atoms with E-state index in [4.69, 9.17) is 28.4 Å². The molecule has 16 nitrogen and oxygen atoms in total. The Hall–Kier alpha value is -5.62. The Labute approximate surface area is 387 Å². The number of methoxy groups -OCH3 is 3. The number of anilines is 2. The number of amides is 2. The summed E-state index contributed by atoms with van der Waals surface area (Å²) in [5.41, 5.74) is 2.89. The first-order valence-electron chi connectivity index (χ1n) is 18.8. The van der Waals surface area contributed by atoms with Gasteiger partial charge in [-0.05, 0) is 95.1 Å². The molecule has 0 aliphatic carbocycles. The van der Waals surface area contributed by atoms with Crippen LogP contribution in [0.3, 0.4) is 0 Å². The van der Waals surface area contributed by atoms with Crippen molar-refractivity contribution in [2.45, 2.75) is 72.2 Å². The Bertz CT molecular complexity index is 2060. The molecule has 327 valence electrons. The number of nitrogens with zero attached hydrogens (tertiary/aromatic N) is 1. The fourth-order valence-corrected chi connectivity index (χ4v) is 5.01. The molecule has 0 spiro atoms. The molecule has 0 unspecified atom stereocenters. The summed E-state index contributed by atoms with van der Waals surface area (Å²) >= 11 is 0. The molecule has 4 aromatic rings. The molecule has 0 atom stereocenters. The van der Waals surface area contributed by atoms with E-state index in [1.165, 1.54) is 45.6 Å². The summed E-state index contributed by atoms with van der Waals surface area (Å²) in [6.45, 7) is 11.1. The van der Waals surface area contributed by atoms with E-state index in [0.29, 0.717) is 54.6 Å². The van der Waals surface area contributed by atoms with Gasteiger partial charge in [0, 0.05) is 44.8 Å². The first-order valence-corrected chi connectivity index (χ1v) is 18.8. The van der Waals surface area contributed by atoms with E-state index in [9.17, 15) is 29.1 Å². The zero-order valence-corrected chi connectivity index (χ0v) is 38.9. The van der Waals surface area contributed by atoms with E-state index in [1.54, 1.807) is 71.9 Å². The van der Waals surface area contributed by atoms with Crippen molar-refractivity contribution in [1.82, 2.24) is 4.98 Å². The van der Waals surface area contributed by atoms with Crippen LogP contribution in [0.1, 0.15) is 91.0 Å². The predicted molar refractivity (Wildman–Crippen MR) is 228 cm³/mol. The fraction of sp³-hybridized carbons (Fsp3) is 0.364. The zero-order chi connectivity index (χ0) is 44.5. The van der Waals surface area contributed by atoms with Gasteiger partial charge in [0.05, 0.1) is 58.0 Å². The fourth-order valence-electron chi connectivity index (χ4n) is 5.01. The molecule has 18 heteroatoms. The van der Waals surface area contributed by atoms with Crippen molar-refractivity contribution in [3.63, 3.8) is 0 Å². The third-order valence-electron chi connectivity index (χ3n) is 7.67. The maximum atomic E-state index is 11.8. The number of hydrogen-bond acceptors (Lipinski definition) is 14. The number of aliphatic hydroxyl groups is 1. The van der Waals surface area contributed by atoms with Crippen LogP contribution in [-0.4, -0.2) is 94.3 Å². The van der Waals surface area contributed by atoms with Gasteiger partial charge in [-0.25, -0.2) is 29.0 Å². The van der Waals surface area contributed by atoms with E-state index in [1.807, 2.05) is 24.3 Å². The number of aliphatic hydroxyl groups excluding tert-OH is 1. The number of aromatic nitrogens is 1. The van der Waals surface area contributed by atoms with Crippen molar-refractivity contribution in [3.8, 4) is 11.5 Å². The third kappa shape index (κ3) is 19.8. The van der Waals surface area contributed by atoms with Crippen LogP contribution in [0.2, 0.25) is 0 Å². The van der Waals surface area contributed by atoms with Gasteiger partial charge in [-0.1, -0.05) is 24.3 Å². The van der Waals surface area contributed by atoms with Crippen molar-refractivity contribution >= 4 is 49.9 Å². The molecule has 0 aliphatic rings. The molecule has 0 saturated heterocycles. The van der Waals surface area contributed by atoms with Crippen LogP contribution in [-0.2, 0) is 43.1 Å². The average molecular weight is 867 g/mol. The molecule has 3 aromatic carbocycles. The monoisotopic (exact) mass is 866 g/mol. The molecule has 0 bridgehead atoms.